The zero-order valence-corrected chi connectivity index (χ0v) is 8.11. The molecule has 0 radical (unpaired) electrons. The molecule has 1 rings (SSSR count). The van der Waals surface area contributed by atoms with Gasteiger partial charge in [-0.1, -0.05) is 11.6 Å². The van der Waals surface area contributed by atoms with Gasteiger partial charge < -0.3 is 5.11 Å². The molecule has 1 heterocycles. The molecule has 0 spiro atoms. The number of aromatic nitrogens is 1. The number of hydrogen-bond acceptors (Lipinski definition) is 4. The van der Waals surface area contributed by atoms with Gasteiger partial charge in [0.15, 0.2) is 10.7 Å². The number of nitro groups is 1. The Morgan fingerprint density at radius 3 is 2.56 bits per heavy atom. The Labute approximate surface area is 91.6 Å². The fourth-order valence-electron chi connectivity index (χ4n) is 0.973. The maximum Gasteiger partial charge on any atom is 0.345 e. The number of pyridine rings is 1. The first-order valence-electron chi connectivity index (χ1n) is 3.71. The van der Waals surface area contributed by atoms with Crippen molar-refractivity contribution in [1.82, 2.24) is 4.98 Å². The summed E-state index contributed by atoms with van der Waals surface area (Å²) < 4.78 is 24.5. The number of nitrogens with zero attached hydrogens (tertiary/aromatic N) is 2. The van der Waals surface area contributed by atoms with Crippen molar-refractivity contribution in [1.29, 1.82) is 0 Å². The molecule has 0 aliphatic carbocycles. The van der Waals surface area contributed by atoms with Gasteiger partial charge in [-0.15, -0.1) is 0 Å². The molecule has 0 saturated carbocycles. The molecule has 0 unspecified atom stereocenters. The summed E-state index contributed by atoms with van der Waals surface area (Å²) in [7, 11) is 0. The standard InChI is InChI=1S/C7H3ClF2N2O4/c8-5-4(7(13)14)3(12(15)16)1-2(11-5)6(9)10/h1,6H,(H,13,14). The molecule has 0 fully saturated rings. The Morgan fingerprint density at radius 2 is 2.19 bits per heavy atom. The molecule has 0 aliphatic heterocycles. The summed E-state index contributed by atoms with van der Waals surface area (Å²) in [6, 6.07) is 0.389. The van der Waals surface area contributed by atoms with Gasteiger partial charge in [0.25, 0.3) is 12.1 Å². The Kier molecular flexibility index (Phi) is 3.33. The highest BCUT2D eigenvalue weighted by Gasteiger charge is 2.27. The number of halogens is 3. The number of hydrogen-bond donors (Lipinski definition) is 1. The molecule has 0 saturated heterocycles. The molecule has 1 N–H and O–H groups in total. The average molecular weight is 253 g/mol. The van der Waals surface area contributed by atoms with Gasteiger partial charge in [-0.3, -0.25) is 10.1 Å². The largest absolute Gasteiger partial charge is 0.477 e. The van der Waals surface area contributed by atoms with Gasteiger partial charge in [0.2, 0.25) is 0 Å². The van der Waals surface area contributed by atoms with Gasteiger partial charge in [0, 0.05) is 6.07 Å². The summed E-state index contributed by atoms with van der Waals surface area (Å²) in [5.74, 6) is -1.70. The van der Waals surface area contributed by atoms with E-state index in [0.29, 0.717) is 6.07 Å². The van der Waals surface area contributed by atoms with Crippen LogP contribution in [0, 0.1) is 10.1 Å². The predicted octanol–water partition coefficient (Wildman–Crippen LogP) is 2.28. The van der Waals surface area contributed by atoms with Crippen LogP contribution in [-0.4, -0.2) is 21.0 Å². The number of aromatic carboxylic acids is 1. The highest BCUT2D eigenvalue weighted by Crippen LogP contribution is 2.29. The molecule has 16 heavy (non-hydrogen) atoms. The van der Waals surface area contributed by atoms with E-state index in [0.717, 1.165) is 0 Å². The van der Waals surface area contributed by atoms with Crippen LogP contribution in [0.3, 0.4) is 0 Å². The number of carbonyl (C=O) groups is 1. The topological polar surface area (TPSA) is 93.3 Å². The highest BCUT2D eigenvalue weighted by atomic mass is 35.5. The summed E-state index contributed by atoms with van der Waals surface area (Å²) in [6.07, 6.45) is -3.07. The van der Waals surface area contributed by atoms with Gasteiger partial charge in [-0.05, 0) is 0 Å². The van der Waals surface area contributed by atoms with Crippen molar-refractivity contribution in [3.63, 3.8) is 0 Å². The van der Waals surface area contributed by atoms with E-state index in [-0.39, 0.29) is 0 Å². The second-order valence-corrected chi connectivity index (χ2v) is 2.95. The van der Waals surface area contributed by atoms with Crippen LogP contribution >= 0.6 is 11.6 Å². The smallest absolute Gasteiger partial charge is 0.345 e. The van der Waals surface area contributed by atoms with Gasteiger partial charge in [0.05, 0.1) is 4.92 Å². The molecule has 0 aliphatic rings. The van der Waals surface area contributed by atoms with Crippen molar-refractivity contribution in [3.8, 4) is 0 Å². The van der Waals surface area contributed by atoms with Crippen LogP contribution in [0.1, 0.15) is 22.5 Å². The minimum Gasteiger partial charge on any atom is -0.477 e. The van der Waals surface area contributed by atoms with E-state index in [1.807, 2.05) is 0 Å². The predicted molar refractivity (Wildman–Crippen MR) is 47.8 cm³/mol. The molecule has 6 nitrogen and oxygen atoms in total. The fraction of sp³-hybridized carbons (Fsp3) is 0.143. The van der Waals surface area contributed by atoms with Crippen molar-refractivity contribution in [3.05, 3.63) is 32.6 Å². The van der Waals surface area contributed by atoms with Crippen LogP contribution in [-0.2, 0) is 0 Å². The number of rotatable bonds is 3. The Balaban J connectivity index is 3.52. The Hall–Kier alpha value is -1.83. The maximum absolute atomic E-state index is 12.2. The van der Waals surface area contributed by atoms with Crippen LogP contribution in [0.15, 0.2) is 6.07 Å². The van der Waals surface area contributed by atoms with Crippen LogP contribution < -0.4 is 0 Å². The summed E-state index contributed by atoms with van der Waals surface area (Å²) in [5, 5.41) is 18.2. The van der Waals surface area contributed by atoms with E-state index in [2.05, 4.69) is 4.98 Å². The molecular formula is C7H3ClF2N2O4. The molecular weight excluding hydrogens is 250 g/mol. The fourth-order valence-corrected chi connectivity index (χ4v) is 1.25. The Morgan fingerprint density at radius 1 is 1.62 bits per heavy atom. The second kappa shape index (κ2) is 4.35. The van der Waals surface area contributed by atoms with Crippen LogP contribution in [0.4, 0.5) is 14.5 Å². The third-order valence-corrected chi connectivity index (χ3v) is 1.88. The van der Waals surface area contributed by atoms with Gasteiger partial charge in [-0.25, -0.2) is 18.6 Å². The molecule has 0 bridgehead atoms. The van der Waals surface area contributed by atoms with Crippen molar-refractivity contribution in [2.45, 2.75) is 6.43 Å². The molecule has 86 valence electrons. The first-order chi connectivity index (χ1) is 7.34. The van der Waals surface area contributed by atoms with E-state index < -0.39 is 39.4 Å². The minimum atomic E-state index is -3.07. The van der Waals surface area contributed by atoms with Gasteiger partial charge in [0.1, 0.15) is 5.69 Å². The second-order valence-electron chi connectivity index (χ2n) is 2.60. The lowest BCUT2D eigenvalue weighted by Crippen LogP contribution is -2.07. The van der Waals surface area contributed by atoms with Crippen LogP contribution in [0.5, 0.6) is 0 Å². The SMILES string of the molecule is O=C(O)c1c([N+](=O)[O-])cc(C(F)F)nc1Cl. The minimum absolute atomic E-state index is 0.389. The molecule has 0 amide bonds. The normalized spacial score (nSPS) is 10.5. The quantitative estimate of drug-likeness (QED) is 0.506. The first kappa shape index (κ1) is 12.2. The van der Waals surface area contributed by atoms with Crippen molar-refractivity contribution in [2.75, 3.05) is 0 Å². The van der Waals surface area contributed by atoms with E-state index in [9.17, 15) is 23.7 Å². The Bertz CT molecular complexity index is 466. The maximum atomic E-state index is 12.2. The number of alkyl halides is 2. The molecule has 1 aromatic heterocycles. The van der Waals surface area contributed by atoms with Gasteiger partial charge in [-0.2, -0.15) is 0 Å². The van der Waals surface area contributed by atoms with Crippen molar-refractivity contribution >= 4 is 23.3 Å². The molecule has 1 aromatic rings. The lowest BCUT2D eigenvalue weighted by molar-refractivity contribution is -0.385. The van der Waals surface area contributed by atoms with Crippen molar-refractivity contribution < 1.29 is 23.6 Å². The molecule has 0 atom stereocenters. The number of carboxylic acids is 1. The number of carboxylic acid groups (broad SMARTS) is 1. The third kappa shape index (κ3) is 2.22. The molecule has 9 heteroatoms. The van der Waals surface area contributed by atoms with Crippen molar-refractivity contribution in [2.24, 2.45) is 0 Å². The third-order valence-electron chi connectivity index (χ3n) is 1.61. The first-order valence-corrected chi connectivity index (χ1v) is 4.08. The summed E-state index contributed by atoms with van der Waals surface area (Å²) >= 11 is 5.29. The van der Waals surface area contributed by atoms with E-state index in [1.165, 1.54) is 0 Å². The lowest BCUT2D eigenvalue weighted by Gasteiger charge is -2.03. The summed E-state index contributed by atoms with van der Waals surface area (Å²) in [4.78, 5) is 23.0. The highest BCUT2D eigenvalue weighted by molar-refractivity contribution is 6.32. The van der Waals surface area contributed by atoms with Crippen LogP contribution in [0.2, 0.25) is 5.15 Å². The summed E-state index contributed by atoms with van der Waals surface area (Å²) in [5.41, 5.74) is -2.86. The summed E-state index contributed by atoms with van der Waals surface area (Å²) in [6.45, 7) is 0. The average Bonchev–Trinajstić information content (AvgIpc) is 2.15. The van der Waals surface area contributed by atoms with Crippen LogP contribution in [0.25, 0.3) is 0 Å². The molecule has 0 aromatic carbocycles. The zero-order chi connectivity index (χ0) is 12.5. The van der Waals surface area contributed by atoms with E-state index in [4.69, 9.17) is 16.7 Å². The lowest BCUT2D eigenvalue weighted by atomic mass is 10.2. The monoisotopic (exact) mass is 252 g/mol. The van der Waals surface area contributed by atoms with E-state index >= 15 is 0 Å². The van der Waals surface area contributed by atoms with Gasteiger partial charge >= 0.3 is 5.97 Å². The zero-order valence-electron chi connectivity index (χ0n) is 7.35. The van der Waals surface area contributed by atoms with E-state index in [1.54, 1.807) is 0 Å².